The van der Waals surface area contributed by atoms with E-state index in [0.29, 0.717) is 16.3 Å². The van der Waals surface area contributed by atoms with Gasteiger partial charge in [0, 0.05) is 11.2 Å². The van der Waals surface area contributed by atoms with Crippen LogP contribution in [0.25, 0.3) is 5.69 Å². The highest BCUT2D eigenvalue weighted by Gasteiger charge is 2.35. The second-order valence-corrected chi connectivity index (χ2v) is 9.39. The largest absolute Gasteiger partial charge is 0.435 e. The molecule has 1 atom stereocenters. The molecule has 0 aliphatic rings. The Morgan fingerprint density at radius 2 is 1.94 bits per heavy atom. The van der Waals surface area contributed by atoms with Gasteiger partial charge in [-0.2, -0.15) is 18.3 Å². The fourth-order valence-corrected chi connectivity index (χ4v) is 3.59. The molecule has 0 fully saturated rings. The molecule has 0 aliphatic heterocycles. The molecule has 3 rings (SSSR count). The fraction of sp³-hybridized carbons (Fsp3) is 0.250. The second kappa shape index (κ2) is 9.40. The average Bonchev–Trinajstić information content (AvgIpc) is 3.16. The van der Waals surface area contributed by atoms with Crippen LogP contribution >= 0.6 is 11.6 Å². The first kappa shape index (κ1) is 24.5. The highest BCUT2D eigenvalue weighted by Crippen LogP contribution is 2.30. The van der Waals surface area contributed by atoms with E-state index in [1.807, 2.05) is 0 Å². The van der Waals surface area contributed by atoms with Gasteiger partial charge in [-0.3, -0.25) is 9.52 Å². The maximum absolute atomic E-state index is 13.2. The van der Waals surface area contributed by atoms with Gasteiger partial charge in [-0.15, -0.1) is 0 Å². The van der Waals surface area contributed by atoms with E-state index >= 15 is 0 Å². The molecule has 13 heteroatoms. The summed E-state index contributed by atoms with van der Waals surface area (Å²) in [5, 5.41) is 6.55. The van der Waals surface area contributed by atoms with E-state index in [9.17, 15) is 26.4 Å². The number of benzene rings is 1. The molecule has 8 nitrogen and oxygen atoms in total. The van der Waals surface area contributed by atoms with E-state index in [2.05, 4.69) is 20.1 Å². The minimum absolute atomic E-state index is 0.0963. The van der Waals surface area contributed by atoms with Crippen LogP contribution in [0.4, 0.5) is 19.0 Å². The molecule has 1 amide bonds. The Hall–Kier alpha value is -3.12. The normalized spacial score (nSPS) is 12.9. The average molecular weight is 502 g/mol. The van der Waals surface area contributed by atoms with Crippen molar-refractivity contribution in [3.05, 3.63) is 70.6 Å². The van der Waals surface area contributed by atoms with E-state index in [1.54, 1.807) is 25.1 Å². The molecule has 0 spiro atoms. The van der Waals surface area contributed by atoms with Gasteiger partial charge in [0.05, 0.1) is 30.1 Å². The number of halogens is 4. The number of amides is 1. The Bertz CT molecular complexity index is 1260. The fourth-order valence-electron chi connectivity index (χ4n) is 2.91. The van der Waals surface area contributed by atoms with E-state index in [4.69, 9.17) is 11.6 Å². The van der Waals surface area contributed by atoms with Gasteiger partial charge >= 0.3 is 6.18 Å². The molecule has 176 valence electrons. The van der Waals surface area contributed by atoms with Crippen molar-refractivity contribution in [3.8, 4) is 5.69 Å². The Morgan fingerprint density at radius 3 is 2.52 bits per heavy atom. The first-order valence-electron chi connectivity index (χ1n) is 9.47. The van der Waals surface area contributed by atoms with Crippen molar-refractivity contribution < 1.29 is 26.4 Å². The number of nitrogens with one attached hydrogen (secondary N) is 2. The number of sulfonamides is 1. The van der Waals surface area contributed by atoms with Gasteiger partial charge in [0.2, 0.25) is 15.9 Å². The lowest BCUT2D eigenvalue weighted by molar-refractivity contribution is -0.141. The number of aromatic nitrogens is 3. The van der Waals surface area contributed by atoms with Crippen molar-refractivity contribution in [3.63, 3.8) is 0 Å². The highest BCUT2D eigenvalue weighted by molar-refractivity contribution is 7.92. The zero-order valence-corrected chi connectivity index (χ0v) is 19.0. The molecule has 2 N–H and O–H groups in total. The number of hydrogen-bond donors (Lipinski definition) is 2. The number of pyridine rings is 1. The van der Waals surface area contributed by atoms with Crippen LogP contribution < -0.4 is 10.0 Å². The molecule has 1 aromatic carbocycles. The number of carbonyl (C=O) groups excluding carboxylic acids is 1. The predicted octanol–water partition coefficient (Wildman–Crippen LogP) is 3.73. The Morgan fingerprint density at radius 1 is 1.21 bits per heavy atom. The molecule has 2 aromatic heterocycles. The van der Waals surface area contributed by atoms with Crippen LogP contribution in [-0.4, -0.2) is 35.3 Å². The van der Waals surface area contributed by atoms with Crippen LogP contribution in [0.15, 0.2) is 48.7 Å². The lowest BCUT2D eigenvalue weighted by atomic mass is 10.0. The van der Waals surface area contributed by atoms with Gasteiger partial charge in [-0.1, -0.05) is 23.7 Å². The monoisotopic (exact) mass is 501 g/mol. The van der Waals surface area contributed by atoms with Crippen LogP contribution in [0.1, 0.15) is 29.8 Å². The van der Waals surface area contributed by atoms with E-state index in [0.717, 1.165) is 17.0 Å². The summed E-state index contributed by atoms with van der Waals surface area (Å²) >= 11 is 5.95. The van der Waals surface area contributed by atoms with Crippen molar-refractivity contribution >= 4 is 33.3 Å². The van der Waals surface area contributed by atoms with Gasteiger partial charge < -0.3 is 5.32 Å². The van der Waals surface area contributed by atoms with Crippen molar-refractivity contribution in [2.75, 3.05) is 11.0 Å². The van der Waals surface area contributed by atoms with Gasteiger partial charge in [0.25, 0.3) is 0 Å². The van der Waals surface area contributed by atoms with Crippen LogP contribution in [0.5, 0.6) is 0 Å². The zero-order valence-electron chi connectivity index (χ0n) is 17.4. The number of anilines is 1. The van der Waals surface area contributed by atoms with Crippen molar-refractivity contribution in [1.82, 2.24) is 20.1 Å². The molecular formula is C20H19ClF3N5O3S. The molecule has 0 bridgehead atoms. The van der Waals surface area contributed by atoms with Gasteiger partial charge in [-0.05, 0) is 42.8 Å². The maximum atomic E-state index is 13.2. The summed E-state index contributed by atoms with van der Waals surface area (Å²) in [5.74, 6) is -1.07. The summed E-state index contributed by atoms with van der Waals surface area (Å²) < 4.78 is 65.5. The Kier molecular flexibility index (Phi) is 6.98. The summed E-state index contributed by atoms with van der Waals surface area (Å²) in [6, 6.07) is 9.95. The predicted molar refractivity (Wildman–Crippen MR) is 117 cm³/mol. The topological polar surface area (TPSA) is 106 Å². The Balaban J connectivity index is 1.77. The minimum atomic E-state index is -4.66. The summed E-state index contributed by atoms with van der Waals surface area (Å²) in [7, 11) is -3.49. The number of carbonyl (C=O) groups is 1. The molecule has 0 radical (unpaired) electrons. The van der Waals surface area contributed by atoms with Gasteiger partial charge in [0.15, 0.2) is 5.69 Å². The number of hydrogen-bond acceptors (Lipinski definition) is 5. The van der Waals surface area contributed by atoms with E-state index in [-0.39, 0.29) is 18.1 Å². The first-order chi connectivity index (χ1) is 15.3. The molecule has 2 heterocycles. The minimum Gasteiger partial charge on any atom is -0.350 e. The summed E-state index contributed by atoms with van der Waals surface area (Å²) in [4.78, 5) is 16.6. The molecule has 33 heavy (non-hydrogen) atoms. The number of nitrogens with zero attached hydrogens (tertiary/aromatic N) is 3. The molecular weight excluding hydrogens is 483 g/mol. The SMILES string of the molecule is CC(C(=O)NCc1cc(C(F)(F)F)nn1-c1cccc(Cl)c1)c1ccc(NS(C)(=O)=O)nc1. The molecule has 0 aliphatic carbocycles. The van der Waals surface area contributed by atoms with Crippen LogP contribution in [0.2, 0.25) is 5.02 Å². The Labute approximate surface area is 192 Å². The molecule has 3 aromatic rings. The van der Waals surface area contributed by atoms with Crippen LogP contribution in [0, 0.1) is 0 Å². The number of alkyl halides is 3. The van der Waals surface area contributed by atoms with Crippen LogP contribution in [0.3, 0.4) is 0 Å². The third kappa shape index (κ3) is 6.45. The van der Waals surface area contributed by atoms with E-state index in [1.165, 1.54) is 24.4 Å². The number of rotatable bonds is 7. The van der Waals surface area contributed by atoms with Crippen molar-refractivity contribution in [2.24, 2.45) is 0 Å². The van der Waals surface area contributed by atoms with Gasteiger partial charge in [0.1, 0.15) is 5.82 Å². The highest BCUT2D eigenvalue weighted by atomic mass is 35.5. The van der Waals surface area contributed by atoms with Gasteiger partial charge in [-0.25, -0.2) is 18.1 Å². The summed E-state index contributed by atoms with van der Waals surface area (Å²) in [5.41, 5.74) is -0.187. The van der Waals surface area contributed by atoms with Crippen molar-refractivity contribution in [1.29, 1.82) is 0 Å². The molecule has 0 saturated carbocycles. The lowest BCUT2D eigenvalue weighted by Gasteiger charge is -2.14. The smallest absolute Gasteiger partial charge is 0.350 e. The van der Waals surface area contributed by atoms with Crippen molar-refractivity contribution in [2.45, 2.75) is 25.6 Å². The zero-order chi connectivity index (χ0) is 24.4. The second-order valence-electron chi connectivity index (χ2n) is 7.20. The third-order valence-electron chi connectivity index (χ3n) is 4.54. The quantitative estimate of drug-likeness (QED) is 0.513. The standard InChI is InChI=1S/C20H19ClF3N5O3S/c1-12(13-6-7-18(25-10-13)28-33(2,31)32)19(30)26-11-16-9-17(20(22,23)24)27-29(16)15-5-3-4-14(21)8-15/h3-10,12H,11H2,1-2H3,(H,25,28)(H,26,30). The lowest BCUT2D eigenvalue weighted by Crippen LogP contribution is -2.28. The molecule has 0 saturated heterocycles. The molecule has 1 unspecified atom stereocenters. The summed E-state index contributed by atoms with van der Waals surface area (Å²) in [6.45, 7) is 1.37. The van der Waals surface area contributed by atoms with Crippen LogP contribution in [-0.2, 0) is 27.5 Å². The summed E-state index contributed by atoms with van der Waals surface area (Å²) in [6.07, 6.45) is -2.34. The first-order valence-corrected chi connectivity index (χ1v) is 11.7. The maximum Gasteiger partial charge on any atom is 0.435 e. The third-order valence-corrected chi connectivity index (χ3v) is 5.35. The van der Waals surface area contributed by atoms with E-state index < -0.39 is 33.7 Å².